The molecule has 3 rings (SSSR count). The summed E-state index contributed by atoms with van der Waals surface area (Å²) in [6, 6.07) is 8.42. The van der Waals surface area contributed by atoms with Crippen LogP contribution in [0.25, 0.3) is 0 Å². The van der Waals surface area contributed by atoms with Crippen molar-refractivity contribution < 1.29 is 14.7 Å². The molecule has 1 heterocycles. The molecule has 5 heteroatoms. The lowest BCUT2D eigenvalue weighted by Crippen LogP contribution is -2.32. The van der Waals surface area contributed by atoms with Gasteiger partial charge in [0.15, 0.2) is 5.78 Å². The summed E-state index contributed by atoms with van der Waals surface area (Å²) >= 11 is 0. The highest BCUT2D eigenvalue weighted by Crippen LogP contribution is 2.23. The number of rotatable bonds is 5. The summed E-state index contributed by atoms with van der Waals surface area (Å²) in [6.45, 7) is 0.583. The Kier molecular flexibility index (Phi) is 5.11. The Bertz CT molecular complexity index is 692. The fraction of sp³-hybridized carbons (Fsp3) is 0.368. The standard InChI is InChI=1S/C19H22N2O3/c22-17-3-1-2-13(10-17)11-21-19(24)15-6-4-14(5-7-15)18(23)16-8-9-20-12-16/h4-9,12-13,17,20,22H,1-3,10-11H2,(H,21,24). The van der Waals surface area contributed by atoms with Crippen LogP contribution in [0.15, 0.2) is 42.7 Å². The number of hydrogen-bond acceptors (Lipinski definition) is 3. The van der Waals surface area contributed by atoms with E-state index in [2.05, 4.69) is 10.3 Å². The van der Waals surface area contributed by atoms with Gasteiger partial charge in [-0.2, -0.15) is 0 Å². The minimum Gasteiger partial charge on any atom is -0.393 e. The quantitative estimate of drug-likeness (QED) is 0.738. The van der Waals surface area contributed by atoms with Crippen molar-refractivity contribution in [1.29, 1.82) is 0 Å². The van der Waals surface area contributed by atoms with Gasteiger partial charge in [-0.1, -0.05) is 18.6 Å². The zero-order valence-electron chi connectivity index (χ0n) is 13.5. The first-order valence-corrected chi connectivity index (χ1v) is 8.37. The molecule has 1 aliphatic carbocycles. The van der Waals surface area contributed by atoms with Crippen LogP contribution >= 0.6 is 0 Å². The number of benzene rings is 1. The van der Waals surface area contributed by atoms with Gasteiger partial charge in [-0.3, -0.25) is 9.59 Å². The van der Waals surface area contributed by atoms with Crippen LogP contribution in [-0.2, 0) is 0 Å². The molecule has 0 radical (unpaired) electrons. The molecule has 2 atom stereocenters. The predicted octanol–water partition coefficient (Wildman–Crippen LogP) is 2.53. The van der Waals surface area contributed by atoms with Crippen molar-refractivity contribution in [2.75, 3.05) is 6.54 Å². The Morgan fingerprint density at radius 2 is 1.83 bits per heavy atom. The van der Waals surface area contributed by atoms with E-state index in [0.717, 1.165) is 25.7 Å². The second-order valence-electron chi connectivity index (χ2n) is 6.40. The van der Waals surface area contributed by atoms with Crippen molar-refractivity contribution in [3.63, 3.8) is 0 Å². The van der Waals surface area contributed by atoms with E-state index < -0.39 is 0 Å². The van der Waals surface area contributed by atoms with Gasteiger partial charge < -0.3 is 15.4 Å². The minimum absolute atomic E-state index is 0.0700. The molecule has 1 fully saturated rings. The molecule has 1 aliphatic rings. The number of ketones is 1. The molecule has 0 aliphatic heterocycles. The van der Waals surface area contributed by atoms with Gasteiger partial charge in [-0.15, -0.1) is 0 Å². The van der Waals surface area contributed by atoms with Crippen molar-refractivity contribution in [2.45, 2.75) is 31.8 Å². The molecule has 0 bridgehead atoms. The highest BCUT2D eigenvalue weighted by atomic mass is 16.3. The summed E-state index contributed by atoms with van der Waals surface area (Å²) in [5, 5.41) is 12.6. The number of aromatic amines is 1. The normalized spacial score (nSPS) is 20.5. The predicted molar refractivity (Wildman–Crippen MR) is 91.0 cm³/mol. The van der Waals surface area contributed by atoms with Gasteiger partial charge >= 0.3 is 0 Å². The van der Waals surface area contributed by atoms with Crippen LogP contribution in [0.4, 0.5) is 0 Å². The third-order valence-corrected chi connectivity index (χ3v) is 4.58. The molecule has 126 valence electrons. The van der Waals surface area contributed by atoms with Crippen LogP contribution in [-0.4, -0.2) is 34.4 Å². The highest BCUT2D eigenvalue weighted by Gasteiger charge is 2.20. The number of aromatic nitrogens is 1. The number of carbonyl (C=O) groups is 2. The van der Waals surface area contributed by atoms with Crippen LogP contribution in [0.1, 0.15) is 52.0 Å². The van der Waals surface area contributed by atoms with Gasteiger partial charge in [-0.05, 0) is 43.4 Å². The summed E-state index contributed by atoms with van der Waals surface area (Å²) < 4.78 is 0. The Morgan fingerprint density at radius 3 is 2.50 bits per heavy atom. The van der Waals surface area contributed by atoms with E-state index >= 15 is 0 Å². The third-order valence-electron chi connectivity index (χ3n) is 4.58. The number of aliphatic hydroxyl groups excluding tert-OH is 1. The molecule has 1 saturated carbocycles. The van der Waals surface area contributed by atoms with E-state index in [1.165, 1.54) is 0 Å². The van der Waals surface area contributed by atoms with Crippen LogP contribution in [0.5, 0.6) is 0 Å². The van der Waals surface area contributed by atoms with Crippen LogP contribution in [0.3, 0.4) is 0 Å². The summed E-state index contributed by atoms with van der Waals surface area (Å²) in [4.78, 5) is 27.3. The second-order valence-corrected chi connectivity index (χ2v) is 6.40. The molecular weight excluding hydrogens is 304 g/mol. The van der Waals surface area contributed by atoms with E-state index in [4.69, 9.17) is 0 Å². The SMILES string of the molecule is O=C(NCC1CCCC(O)C1)c1ccc(C(=O)c2cc[nH]c2)cc1. The average Bonchev–Trinajstić information content (AvgIpc) is 3.14. The van der Waals surface area contributed by atoms with E-state index in [9.17, 15) is 14.7 Å². The maximum absolute atomic E-state index is 12.2. The first-order chi connectivity index (χ1) is 11.6. The second kappa shape index (κ2) is 7.45. The monoisotopic (exact) mass is 326 g/mol. The van der Waals surface area contributed by atoms with Gasteiger partial charge in [0.1, 0.15) is 0 Å². The lowest BCUT2D eigenvalue weighted by Gasteiger charge is -2.25. The molecule has 2 unspecified atom stereocenters. The number of carbonyl (C=O) groups excluding carboxylic acids is 2. The minimum atomic E-state index is -0.237. The van der Waals surface area contributed by atoms with E-state index in [-0.39, 0.29) is 17.8 Å². The maximum Gasteiger partial charge on any atom is 0.251 e. The van der Waals surface area contributed by atoms with Crippen LogP contribution < -0.4 is 5.32 Å². The zero-order chi connectivity index (χ0) is 16.9. The fourth-order valence-electron chi connectivity index (χ4n) is 3.19. The number of H-pyrrole nitrogens is 1. The Morgan fingerprint density at radius 1 is 1.08 bits per heavy atom. The molecule has 24 heavy (non-hydrogen) atoms. The lowest BCUT2D eigenvalue weighted by atomic mass is 9.87. The first-order valence-electron chi connectivity index (χ1n) is 8.37. The molecule has 2 aromatic rings. The molecule has 5 nitrogen and oxygen atoms in total. The van der Waals surface area contributed by atoms with Gasteiger partial charge in [-0.25, -0.2) is 0 Å². The molecule has 1 aromatic heterocycles. The van der Waals surface area contributed by atoms with Crippen molar-refractivity contribution in [3.05, 3.63) is 59.4 Å². The largest absolute Gasteiger partial charge is 0.393 e. The van der Waals surface area contributed by atoms with Crippen molar-refractivity contribution in [3.8, 4) is 0 Å². The first kappa shape index (κ1) is 16.5. The van der Waals surface area contributed by atoms with Gasteiger partial charge in [0.05, 0.1) is 6.10 Å². The fourth-order valence-corrected chi connectivity index (χ4v) is 3.19. The Labute approximate surface area is 141 Å². The Balaban J connectivity index is 1.57. The molecule has 0 saturated heterocycles. The zero-order valence-corrected chi connectivity index (χ0v) is 13.5. The number of nitrogens with one attached hydrogen (secondary N) is 2. The number of amides is 1. The molecule has 1 amide bonds. The van der Waals surface area contributed by atoms with Crippen molar-refractivity contribution >= 4 is 11.7 Å². The summed E-state index contributed by atoms with van der Waals surface area (Å²) in [7, 11) is 0. The van der Waals surface area contributed by atoms with Gasteiger partial charge in [0.25, 0.3) is 5.91 Å². The smallest absolute Gasteiger partial charge is 0.251 e. The Hall–Kier alpha value is -2.40. The molecular formula is C19H22N2O3. The number of aliphatic hydroxyl groups is 1. The highest BCUT2D eigenvalue weighted by molar-refractivity contribution is 6.09. The maximum atomic E-state index is 12.2. The molecule has 1 aromatic carbocycles. The molecule has 0 spiro atoms. The van der Waals surface area contributed by atoms with E-state index in [1.54, 1.807) is 42.7 Å². The number of hydrogen-bond donors (Lipinski definition) is 3. The lowest BCUT2D eigenvalue weighted by molar-refractivity contribution is 0.0873. The van der Waals surface area contributed by atoms with Gasteiger partial charge in [0.2, 0.25) is 0 Å². The van der Waals surface area contributed by atoms with E-state index in [1.807, 2.05) is 0 Å². The molecule has 3 N–H and O–H groups in total. The van der Waals surface area contributed by atoms with E-state index in [0.29, 0.717) is 29.2 Å². The average molecular weight is 326 g/mol. The van der Waals surface area contributed by atoms with Crippen molar-refractivity contribution in [2.24, 2.45) is 5.92 Å². The van der Waals surface area contributed by atoms with Crippen LogP contribution in [0, 0.1) is 5.92 Å². The van der Waals surface area contributed by atoms with Crippen molar-refractivity contribution in [1.82, 2.24) is 10.3 Å². The third kappa shape index (κ3) is 3.92. The summed E-state index contributed by atoms with van der Waals surface area (Å²) in [5.74, 6) is 0.127. The van der Waals surface area contributed by atoms with Gasteiger partial charge in [0, 0.05) is 35.6 Å². The topological polar surface area (TPSA) is 82.2 Å². The summed E-state index contributed by atoms with van der Waals surface area (Å²) in [6.07, 6.45) is 6.79. The summed E-state index contributed by atoms with van der Waals surface area (Å²) in [5.41, 5.74) is 1.70. The van der Waals surface area contributed by atoms with Crippen LogP contribution in [0.2, 0.25) is 0 Å².